The average Bonchev–Trinajstić information content (AvgIpc) is 2.26. The molecule has 84 valence electrons. The molecule has 0 unspecified atom stereocenters. The molecule has 0 aromatic carbocycles. The Hall–Kier alpha value is -1.61. The molecule has 0 bridgehead atoms. The maximum atomic E-state index is 11.1. The van der Waals surface area contributed by atoms with E-state index in [4.69, 9.17) is 10.1 Å². The van der Waals surface area contributed by atoms with Crippen molar-refractivity contribution < 1.29 is 14.5 Å². The Balaban J connectivity index is 4.00. The molecular weight excluding hydrogens is 198 g/mol. The SMILES string of the molecule is CCCCO/N=C(/C#N)C(=O)NOCC. The van der Waals surface area contributed by atoms with E-state index >= 15 is 0 Å². The molecule has 0 aliphatic carbocycles. The van der Waals surface area contributed by atoms with Crippen LogP contribution in [0.2, 0.25) is 0 Å². The van der Waals surface area contributed by atoms with E-state index in [9.17, 15) is 4.79 Å². The number of rotatable bonds is 7. The minimum Gasteiger partial charge on any atom is -0.395 e. The zero-order chi connectivity index (χ0) is 11.5. The van der Waals surface area contributed by atoms with Gasteiger partial charge in [-0.15, -0.1) is 0 Å². The van der Waals surface area contributed by atoms with Gasteiger partial charge in [0.25, 0.3) is 0 Å². The predicted octanol–water partition coefficient (Wildman–Crippen LogP) is 0.750. The molecule has 0 saturated carbocycles. The van der Waals surface area contributed by atoms with Crippen LogP contribution in [0.1, 0.15) is 26.7 Å². The van der Waals surface area contributed by atoms with Crippen molar-refractivity contribution in [2.75, 3.05) is 13.2 Å². The third-order valence-electron chi connectivity index (χ3n) is 1.38. The first-order valence-corrected chi connectivity index (χ1v) is 4.78. The molecule has 0 saturated heterocycles. The highest BCUT2D eigenvalue weighted by Crippen LogP contribution is 1.89. The summed E-state index contributed by atoms with van der Waals surface area (Å²) in [4.78, 5) is 20.5. The number of hydrogen-bond donors (Lipinski definition) is 1. The zero-order valence-electron chi connectivity index (χ0n) is 8.95. The molecular formula is C9H15N3O3. The summed E-state index contributed by atoms with van der Waals surface area (Å²) in [6.07, 6.45) is 1.79. The number of hydrogen-bond acceptors (Lipinski definition) is 5. The third kappa shape index (κ3) is 6.46. The van der Waals surface area contributed by atoms with E-state index in [0.717, 1.165) is 12.8 Å². The van der Waals surface area contributed by atoms with Crippen LogP contribution in [-0.2, 0) is 14.5 Å². The molecule has 1 N–H and O–H groups in total. The fraction of sp³-hybridized carbons (Fsp3) is 0.667. The molecule has 0 aromatic heterocycles. The second-order valence-electron chi connectivity index (χ2n) is 2.60. The summed E-state index contributed by atoms with van der Waals surface area (Å²) in [5, 5.41) is 12.0. The van der Waals surface area contributed by atoms with Gasteiger partial charge in [-0.3, -0.25) is 9.63 Å². The van der Waals surface area contributed by atoms with Gasteiger partial charge < -0.3 is 4.84 Å². The highest BCUT2D eigenvalue weighted by Gasteiger charge is 2.10. The summed E-state index contributed by atoms with van der Waals surface area (Å²) in [5.74, 6) is -0.698. The monoisotopic (exact) mass is 213 g/mol. The van der Waals surface area contributed by atoms with Crippen LogP contribution < -0.4 is 5.48 Å². The molecule has 0 rings (SSSR count). The molecule has 15 heavy (non-hydrogen) atoms. The predicted molar refractivity (Wildman–Crippen MR) is 53.7 cm³/mol. The Labute approximate surface area is 88.8 Å². The molecule has 0 radical (unpaired) electrons. The first kappa shape index (κ1) is 13.4. The van der Waals surface area contributed by atoms with Crippen molar-refractivity contribution in [1.82, 2.24) is 5.48 Å². The van der Waals surface area contributed by atoms with Crippen LogP contribution in [-0.4, -0.2) is 24.8 Å². The van der Waals surface area contributed by atoms with Gasteiger partial charge in [0.1, 0.15) is 12.7 Å². The van der Waals surface area contributed by atoms with Crippen molar-refractivity contribution >= 4 is 11.6 Å². The maximum absolute atomic E-state index is 11.1. The normalized spacial score (nSPS) is 10.6. The van der Waals surface area contributed by atoms with Gasteiger partial charge in [-0.2, -0.15) is 5.26 Å². The second kappa shape index (κ2) is 8.97. The lowest BCUT2D eigenvalue weighted by atomic mass is 10.4. The topological polar surface area (TPSA) is 83.7 Å². The van der Waals surface area contributed by atoms with Gasteiger partial charge in [0.05, 0.1) is 6.61 Å². The lowest BCUT2D eigenvalue weighted by Gasteiger charge is -2.01. The van der Waals surface area contributed by atoms with Crippen LogP contribution in [0.4, 0.5) is 0 Å². The number of amides is 1. The van der Waals surface area contributed by atoms with E-state index < -0.39 is 5.91 Å². The molecule has 0 aliphatic heterocycles. The molecule has 0 spiro atoms. The fourth-order valence-corrected chi connectivity index (χ4v) is 0.618. The van der Waals surface area contributed by atoms with Crippen LogP contribution in [0.25, 0.3) is 0 Å². The van der Waals surface area contributed by atoms with Crippen LogP contribution in [0.3, 0.4) is 0 Å². The van der Waals surface area contributed by atoms with E-state index in [-0.39, 0.29) is 5.71 Å². The van der Waals surface area contributed by atoms with Crippen molar-refractivity contribution in [2.45, 2.75) is 26.7 Å². The van der Waals surface area contributed by atoms with Crippen molar-refractivity contribution in [3.05, 3.63) is 0 Å². The number of carbonyl (C=O) groups is 1. The van der Waals surface area contributed by atoms with Gasteiger partial charge in [-0.05, 0) is 13.3 Å². The zero-order valence-corrected chi connectivity index (χ0v) is 8.95. The molecule has 6 nitrogen and oxygen atoms in total. The minimum absolute atomic E-state index is 0.321. The first-order chi connectivity index (χ1) is 7.26. The van der Waals surface area contributed by atoms with Crippen LogP contribution in [0, 0.1) is 11.3 Å². The largest absolute Gasteiger partial charge is 0.395 e. The Bertz CT molecular complexity index is 258. The first-order valence-electron chi connectivity index (χ1n) is 4.78. The molecule has 0 aromatic rings. The molecule has 1 amide bonds. The van der Waals surface area contributed by atoms with Crippen molar-refractivity contribution in [2.24, 2.45) is 5.16 Å². The number of nitriles is 1. The Morgan fingerprint density at radius 2 is 2.27 bits per heavy atom. The van der Waals surface area contributed by atoms with Crippen molar-refractivity contribution in [1.29, 1.82) is 5.26 Å². The third-order valence-corrected chi connectivity index (χ3v) is 1.38. The standard InChI is InChI=1S/C9H15N3O3/c1-3-5-6-15-11-8(7-10)9(13)12-14-4-2/h3-6H2,1-2H3,(H,12,13)/b11-8-. The number of unbranched alkanes of at least 4 members (excludes halogenated alkanes) is 1. The quantitative estimate of drug-likeness (QED) is 0.384. The minimum atomic E-state index is -0.698. The summed E-state index contributed by atoms with van der Waals surface area (Å²) >= 11 is 0. The van der Waals surface area contributed by atoms with E-state index in [0.29, 0.717) is 13.2 Å². The maximum Gasteiger partial charge on any atom is 0.307 e. The molecule has 6 heteroatoms. The average molecular weight is 213 g/mol. The molecule has 0 heterocycles. The van der Waals surface area contributed by atoms with Gasteiger partial charge in [0.15, 0.2) is 0 Å². The number of oxime groups is 1. The Kier molecular flexibility index (Phi) is 8.00. The number of nitrogens with one attached hydrogen (secondary N) is 1. The van der Waals surface area contributed by atoms with E-state index in [1.807, 2.05) is 6.92 Å². The van der Waals surface area contributed by atoms with Crippen LogP contribution in [0.5, 0.6) is 0 Å². The van der Waals surface area contributed by atoms with Gasteiger partial charge in [0.2, 0.25) is 5.71 Å². The number of hydroxylamine groups is 1. The van der Waals surface area contributed by atoms with E-state index in [2.05, 4.69) is 15.5 Å². The smallest absolute Gasteiger partial charge is 0.307 e. The lowest BCUT2D eigenvalue weighted by molar-refractivity contribution is -0.126. The lowest BCUT2D eigenvalue weighted by Crippen LogP contribution is -2.30. The van der Waals surface area contributed by atoms with Crippen molar-refractivity contribution in [3.63, 3.8) is 0 Å². The summed E-state index contributed by atoms with van der Waals surface area (Å²) < 4.78 is 0. The number of nitrogens with zero attached hydrogens (tertiary/aromatic N) is 2. The van der Waals surface area contributed by atoms with Gasteiger partial charge in [0, 0.05) is 0 Å². The molecule has 0 atom stereocenters. The second-order valence-corrected chi connectivity index (χ2v) is 2.60. The summed E-state index contributed by atoms with van der Waals surface area (Å²) in [5.41, 5.74) is 1.70. The summed E-state index contributed by atoms with van der Waals surface area (Å²) in [6.45, 7) is 4.42. The summed E-state index contributed by atoms with van der Waals surface area (Å²) in [6, 6.07) is 1.62. The van der Waals surface area contributed by atoms with Gasteiger partial charge in [-0.25, -0.2) is 5.48 Å². The van der Waals surface area contributed by atoms with E-state index in [1.165, 1.54) is 0 Å². The number of carbonyl (C=O) groups excluding carboxylic acids is 1. The highest BCUT2D eigenvalue weighted by molar-refractivity contribution is 6.44. The van der Waals surface area contributed by atoms with E-state index in [1.54, 1.807) is 13.0 Å². The Morgan fingerprint density at radius 3 is 2.80 bits per heavy atom. The van der Waals surface area contributed by atoms with Crippen LogP contribution in [0.15, 0.2) is 5.16 Å². The van der Waals surface area contributed by atoms with Crippen LogP contribution >= 0.6 is 0 Å². The van der Waals surface area contributed by atoms with Crippen molar-refractivity contribution in [3.8, 4) is 6.07 Å². The summed E-state index contributed by atoms with van der Waals surface area (Å²) in [7, 11) is 0. The molecule has 0 fully saturated rings. The van der Waals surface area contributed by atoms with Gasteiger partial charge >= 0.3 is 5.91 Å². The highest BCUT2D eigenvalue weighted by atomic mass is 16.7. The Morgan fingerprint density at radius 1 is 1.53 bits per heavy atom. The molecule has 0 aliphatic rings. The fourth-order valence-electron chi connectivity index (χ4n) is 0.618. The van der Waals surface area contributed by atoms with Gasteiger partial charge in [-0.1, -0.05) is 18.5 Å².